The van der Waals surface area contributed by atoms with E-state index in [1.54, 1.807) is 0 Å². The van der Waals surface area contributed by atoms with E-state index in [0.717, 1.165) is 10.4 Å². The third kappa shape index (κ3) is 5.03. The number of carbonyl (C=O) groups excluding carboxylic acids is 1. The van der Waals surface area contributed by atoms with Crippen LogP contribution in [-0.2, 0) is 24.8 Å². The number of ether oxygens (including phenoxy) is 1. The van der Waals surface area contributed by atoms with Gasteiger partial charge in [-0.1, -0.05) is 12.1 Å². The van der Waals surface area contributed by atoms with Crippen molar-refractivity contribution in [2.45, 2.75) is 22.6 Å². The van der Waals surface area contributed by atoms with E-state index in [9.17, 15) is 26.0 Å². The van der Waals surface area contributed by atoms with Gasteiger partial charge in [0.25, 0.3) is 0 Å². The van der Waals surface area contributed by atoms with Gasteiger partial charge in [-0.05, 0) is 43.2 Å². The Hall–Kier alpha value is -2.54. The topological polar surface area (TPSA) is 136 Å². The maximum Gasteiger partial charge on any atom is 0.245 e. The van der Waals surface area contributed by atoms with Gasteiger partial charge in [0.05, 0.1) is 7.11 Å². The van der Waals surface area contributed by atoms with Gasteiger partial charge >= 0.3 is 0 Å². The fourth-order valence-corrected chi connectivity index (χ4v) is 5.63. The number of hydrogen-bond acceptors (Lipinski definition) is 6. The Balaban J connectivity index is 1.68. The van der Waals surface area contributed by atoms with Crippen molar-refractivity contribution in [3.05, 3.63) is 48.3 Å². The third-order valence-corrected chi connectivity index (χ3v) is 7.88. The number of anilines is 1. The standard InChI is InChI=1S/C19H22FN3O6S2/c1-29-16-7-6-14(12-18(16)30(21,25)26)22-19(24)13-8-10-23(11-9-13)31(27,28)17-5-3-2-4-15(17)20/h2-7,12-13H,8-11H2,1H3,(H,22,24)(H2,21,25,26). The molecule has 0 aromatic heterocycles. The molecule has 9 nitrogen and oxygen atoms in total. The average Bonchev–Trinajstić information content (AvgIpc) is 2.73. The summed E-state index contributed by atoms with van der Waals surface area (Å²) in [5.74, 6) is -1.65. The zero-order chi connectivity index (χ0) is 22.8. The number of hydrogen-bond donors (Lipinski definition) is 2. The normalized spacial score (nSPS) is 16.1. The van der Waals surface area contributed by atoms with Crippen LogP contribution in [0, 0.1) is 11.7 Å². The van der Waals surface area contributed by atoms with Gasteiger partial charge in [-0.3, -0.25) is 4.79 Å². The number of carbonyl (C=O) groups is 1. The minimum atomic E-state index is -4.06. The number of benzene rings is 2. The van der Waals surface area contributed by atoms with Crippen LogP contribution in [0.2, 0.25) is 0 Å². The van der Waals surface area contributed by atoms with Crippen LogP contribution in [0.1, 0.15) is 12.8 Å². The van der Waals surface area contributed by atoms with Crippen LogP contribution in [0.3, 0.4) is 0 Å². The van der Waals surface area contributed by atoms with Crippen molar-refractivity contribution in [1.82, 2.24) is 4.31 Å². The fourth-order valence-electron chi connectivity index (χ4n) is 3.37. The van der Waals surface area contributed by atoms with Crippen LogP contribution in [0.15, 0.2) is 52.3 Å². The number of piperidine rings is 1. The molecule has 0 spiro atoms. The summed E-state index contributed by atoms with van der Waals surface area (Å²) in [5, 5.41) is 7.81. The van der Waals surface area contributed by atoms with Gasteiger partial charge in [0, 0.05) is 24.7 Å². The van der Waals surface area contributed by atoms with Gasteiger partial charge < -0.3 is 10.1 Å². The van der Waals surface area contributed by atoms with Crippen molar-refractivity contribution in [3.8, 4) is 5.75 Å². The number of halogens is 1. The summed E-state index contributed by atoms with van der Waals surface area (Å²) in [6.07, 6.45) is 0.468. The van der Waals surface area contributed by atoms with E-state index in [0.29, 0.717) is 0 Å². The maximum atomic E-state index is 13.9. The highest BCUT2D eigenvalue weighted by molar-refractivity contribution is 7.89. The summed E-state index contributed by atoms with van der Waals surface area (Å²) in [5.41, 5.74) is 0.219. The Morgan fingerprint density at radius 3 is 2.32 bits per heavy atom. The molecule has 1 aliphatic rings. The van der Waals surface area contributed by atoms with Crippen LogP contribution >= 0.6 is 0 Å². The summed E-state index contributed by atoms with van der Waals surface area (Å²) in [6.45, 7) is 0.111. The molecule has 0 atom stereocenters. The number of nitrogens with one attached hydrogen (secondary N) is 1. The van der Waals surface area contributed by atoms with Crippen molar-refractivity contribution < 1.29 is 30.8 Å². The number of rotatable bonds is 6. The summed E-state index contributed by atoms with van der Waals surface area (Å²) < 4.78 is 68.8. The van der Waals surface area contributed by atoms with Crippen molar-refractivity contribution in [2.24, 2.45) is 11.1 Å². The van der Waals surface area contributed by atoms with Crippen molar-refractivity contribution in [1.29, 1.82) is 0 Å². The van der Waals surface area contributed by atoms with Crippen molar-refractivity contribution in [2.75, 3.05) is 25.5 Å². The molecule has 0 radical (unpaired) electrons. The van der Waals surface area contributed by atoms with Gasteiger partial charge in [0.2, 0.25) is 26.0 Å². The molecular weight excluding hydrogens is 449 g/mol. The Morgan fingerprint density at radius 1 is 1.10 bits per heavy atom. The zero-order valence-corrected chi connectivity index (χ0v) is 18.2. The summed E-state index contributed by atoms with van der Waals surface area (Å²) in [7, 11) is -6.76. The lowest BCUT2D eigenvalue weighted by Crippen LogP contribution is -2.41. The first-order chi connectivity index (χ1) is 14.5. The molecule has 31 heavy (non-hydrogen) atoms. The van der Waals surface area contributed by atoms with Crippen LogP contribution in [0.5, 0.6) is 5.75 Å². The number of primary sulfonamides is 1. The minimum Gasteiger partial charge on any atom is -0.495 e. The van der Waals surface area contributed by atoms with Gasteiger partial charge in [0.15, 0.2) is 0 Å². The van der Waals surface area contributed by atoms with Crippen LogP contribution < -0.4 is 15.2 Å². The molecular formula is C19H22FN3O6S2. The SMILES string of the molecule is COc1ccc(NC(=O)C2CCN(S(=O)(=O)c3ccccc3F)CC2)cc1S(N)(=O)=O. The van der Waals surface area contributed by atoms with E-state index in [-0.39, 0.29) is 48.2 Å². The zero-order valence-electron chi connectivity index (χ0n) is 16.6. The molecule has 0 unspecified atom stereocenters. The second kappa shape index (κ2) is 8.91. The highest BCUT2D eigenvalue weighted by Gasteiger charge is 2.33. The van der Waals surface area contributed by atoms with Crippen molar-refractivity contribution >= 4 is 31.6 Å². The highest BCUT2D eigenvalue weighted by Crippen LogP contribution is 2.28. The molecule has 0 aliphatic carbocycles. The number of methoxy groups -OCH3 is 1. The molecule has 1 saturated heterocycles. The Kier molecular flexibility index (Phi) is 6.65. The van der Waals surface area contributed by atoms with Gasteiger partial charge in [-0.15, -0.1) is 0 Å². The van der Waals surface area contributed by atoms with Gasteiger partial charge in [-0.2, -0.15) is 4.31 Å². The predicted octanol–water partition coefficient (Wildman–Crippen LogP) is 1.52. The van der Waals surface area contributed by atoms with Crippen molar-refractivity contribution in [3.63, 3.8) is 0 Å². The van der Waals surface area contributed by atoms with E-state index < -0.39 is 36.7 Å². The third-order valence-electron chi connectivity index (χ3n) is 5.02. The second-order valence-electron chi connectivity index (χ2n) is 7.01. The largest absolute Gasteiger partial charge is 0.495 e. The van der Waals surface area contributed by atoms with E-state index in [1.165, 1.54) is 43.5 Å². The fraction of sp³-hybridized carbons (Fsp3) is 0.316. The first-order valence-electron chi connectivity index (χ1n) is 9.30. The lowest BCUT2D eigenvalue weighted by atomic mass is 9.97. The molecule has 3 N–H and O–H groups in total. The van der Waals surface area contributed by atoms with E-state index >= 15 is 0 Å². The second-order valence-corrected chi connectivity index (χ2v) is 10.4. The molecule has 2 aromatic carbocycles. The molecule has 2 aromatic rings. The highest BCUT2D eigenvalue weighted by atomic mass is 32.2. The van der Waals surface area contributed by atoms with E-state index in [4.69, 9.17) is 9.88 Å². The molecule has 168 valence electrons. The average molecular weight is 472 g/mol. The minimum absolute atomic E-state index is 0.0483. The van der Waals surface area contributed by atoms with E-state index in [2.05, 4.69) is 5.32 Å². The molecule has 3 rings (SSSR count). The smallest absolute Gasteiger partial charge is 0.245 e. The molecule has 12 heteroatoms. The molecule has 1 amide bonds. The summed E-state index contributed by atoms with van der Waals surface area (Å²) in [4.78, 5) is 12.0. The Labute approximate surface area is 180 Å². The predicted molar refractivity (Wildman–Crippen MR) is 111 cm³/mol. The number of amides is 1. The molecule has 1 heterocycles. The van der Waals surface area contributed by atoms with Crippen LogP contribution in [0.4, 0.5) is 10.1 Å². The number of sulfonamides is 2. The quantitative estimate of drug-likeness (QED) is 0.656. The molecule has 1 fully saturated rings. The first-order valence-corrected chi connectivity index (χ1v) is 12.3. The van der Waals surface area contributed by atoms with E-state index in [1.807, 2.05) is 0 Å². The van der Waals surface area contributed by atoms with Gasteiger partial charge in [0.1, 0.15) is 21.4 Å². The van der Waals surface area contributed by atoms with Crippen LogP contribution in [0.25, 0.3) is 0 Å². The lowest BCUT2D eigenvalue weighted by molar-refractivity contribution is -0.120. The molecule has 0 saturated carbocycles. The number of nitrogens with two attached hydrogens (primary N) is 1. The van der Waals surface area contributed by atoms with Crippen LogP contribution in [-0.4, -0.2) is 47.2 Å². The maximum absolute atomic E-state index is 13.9. The molecule has 0 bridgehead atoms. The lowest BCUT2D eigenvalue weighted by Gasteiger charge is -2.30. The Bertz CT molecular complexity index is 1190. The molecule has 1 aliphatic heterocycles. The van der Waals surface area contributed by atoms with Gasteiger partial charge in [-0.25, -0.2) is 26.4 Å². The Morgan fingerprint density at radius 2 is 1.74 bits per heavy atom. The number of nitrogens with zero attached hydrogens (tertiary/aromatic N) is 1. The first kappa shape index (κ1) is 23.1. The summed E-state index contributed by atoms with van der Waals surface area (Å²) >= 11 is 0. The summed E-state index contributed by atoms with van der Waals surface area (Å²) in [6, 6.07) is 9.19. The monoisotopic (exact) mass is 471 g/mol.